The molecule has 1 fully saturated rings. The molecule has 1 atom stereocenters. The van der Waals surface area contributed by atoms with Crippen molar-refractivity contribution in [2.24, 2.45) is 0 Å². The third-order valence-electron chi connectivity index (χ3n) is 5.15. The number of benzene rings is 1. The number of aromatic amines is 1. The molecule has 168 valence electrons. The second-order valence-electron chi connectivity index (χ2n) is 7.36. The van der Waals surface area contributed by atoms with Crippen LogP contribution in [0.4, 0.5) is 10.1 Å². The van der Waals surface area contributed by atoms with Gasteiger partial charge in [-0.05, 0) is 30.3 Å². The van der Waals surface area contributed by atoms with Crippen LogP contribution >= 0.6 is 23.2 Å². The molecule has 1 aromatic carbocycles. The van der Waals surface area contributed by atoms with Gasteiger partial charge in [-0.3, -0.25) is 14.7 Å². The van der Waals surface area contributed by atoms with Crippen molar-refractivity contribution in [3.63, 3.8) is 0 Å². The van der Waals surface area contributed by atoms with Crippen molar-refractivity contribution in [1.29, 1.82) is 0 Å². The Bertz CT molecular complexity index is 1100. The predicted octanol–water partition coefficient (Wildman–Crippen LogP) is 4.02. The third kappa shape index (κ3) is 5.11. The van der Waals surface area contributed by atoms with Gasteiger partial charge in [0.15, 0.2) is 17.8 Å². The Hall–Kier alpha value is -2.49. The highest BCUT2D eigenvalue weighted by atomic mass is 35.5. The molecule has 3 N–H and O–H groups in total. The first-order valence-corrected chi connectivity index (χ1v) is 10.7. The molecule has 1 saturated heterocycles. The van der Waals surface area contributed by atoms with Gasteiger partial charge in [-0.2, -0.15) is 0 Å². The van der Waals surface area contributed by atoms with Gasteiger partial charge in [0, 0.05) is 31.4 Å². The molecule has 3 aromatic rings. The Kier molecular flexibility index (Phi) is 7.07. The van der Waals surface area contributed by atoms with Crippen molar-refractivity contribution >= 4 is 34.7 Å². The minimum absolute atomic E-state index is 0.0402. The van der Waals surface area contributed by atoms with Gasteiger partial charge in [-0.1, -0.05) is 23.2 Å². The fourth-order valence-electron chi connectivity index (χ4n) is 3.41. The first kappa shape index (κ1) is 22.7. The van der Waals surface area contributed by atoms with E-state index >= 15 is 0 Å². The van der Waals surface area contributed by atoms with E-state index in [-0.39, 0.29) is 21.2 Å². The number of ketones is 1. The predicted molar refractivity (Wildman–Crippen MR) is 120 cm³/mol. The highest BCUT2D eigenvalue weighted by Gasteiger charge is 2.22. The number of pyridine rings is 1. The number of anilines is 1. The second kappa shape index (κ2) is 9.97. The maximum atomic E-state index is 14.3. The zero-order valence-electron chi connectivity index (χ0n) is 16.9. The van der Waals surface area contributed by atoms with Gasteiger partial charge in [0.2, 0.25) is 0 Å². The lowest BCUT2D eigenvalue weighted by atomic mass is 10.0. The van der Waals surface area contributed by atoms with Crippen LogP contribution in [0, 0.1) is 5.82 Å². The van der Waals surface area contributed by atoms with Crippen molar-refractivity contribution in [1.82, 2.24) is 14.9 Å². The van der Waals surface area contributed by atoms with Crippen LogP contribution in [0.5, 0.6) is 0 Å². The van der Waals surface area contributed by atoms with E-state index in [4.69, 9.17) is 27.9 Å². The maximum Gasteiger partial charge on any atom is 0.199 e. The number of halogens is 3. The Balaban J connectivity index is 1.41. The average molecular weight is 479 g/mol. The topological polar surface area (TPSA) is 90.5 Å². The van der Waals surface area contributed by atoms with E-state index in [2.05, 4.69) is 20.2 Å². The van der Waals surface area contributed by atoms with Crippen molar-refractivity contribution in [2.45, 2.75) is 12.8 Å². The number of hydrogen-bond acceptors (Lipinski definition) is 6. The van der Waals surface area contributed by atoms with Gasteiger partial charge >= 0.3 is 0 Å². The SMILES string of the molecule is O=C(c1c[nH]c(C(O)Nc2ccc(CN3CCOCC3)nc2)c1)c1c(Cl)ccc(Cl)c1F. The summed E-state index contributed by atoms with van der Waals surface area (Å²) in [5.74, 6) is -1.52. The van der Waals surface area contributed by atoms with Crippen LogP contribution in [-0.4, -0.2) is 52.1 Å². The minimum atomic E-state index is -1.14. The number of aromatic nitrogens is 2. The van der Waals surface area contributed by atoms with Gasteiger partial charge in [-0.25, -0.2) is 4.39 Å². The number of nitrogens with one attached hydrogen (secondary N) is 2. The number of carbonyl (C=O) groups excluding carboxylic acids is 1. The average Bonchev–Trinajstić information content (AvgIpc) is 3.29. The zero-order valence-corrected chi connectivity index (χ0v) is 18.5. The highest BCUT2D eigenvalue weighted by molar-refractivity contribution is 6.37. The molecular weight excluding hydrogens is 458 g/mol. The molecule has 2 aromatic heterocycles. The van der Waals surface area contributed by atoms with Gasteiger partial charge in [0.05, 0.1) is 52.1 Å². The van der Waals surface area contributed by atoms with Crippen LogP contribution in [0.1, 0.15) is 33.5 Å². The summed E-state index contributed by atoms with van der Waals surface area (Å²) >= 11 is 11.8. The first-order chi connectivity index (χ1) is 15.4. The number of aliphatic hydroxyl groups is 1. The van der Waals surface area contributed by atoms with Gasteiger partial charge in [0.25, 0.3) is 0 Å². The normalized spacial score (nSPS) is 15.5. The molecule has 4 rings (SSSR count). The molecule has 7 nitrogen and oxygen atoms in total. The Morgan fingerprint density at radius 3 is 2.72 bits per heavy atom. The number of carbonyl (C=O) groups is 1. The third-order valence-corrected chi connectivity index (χ3v) is 5.76. The van der Waals surface area contributed by atoms with Crippen molar-refractivity contribution in [2.75, 3.05) is 31.6 Å². The minimum Gasteiger partial charge on any atom is -0.379 e. The number of aliphatic hydroxyl groups excluding tert-OH is 1. The summed E-state index contributed by atoms with van der Waals surface area (Å²) in [6.07, 6.45) is 1.88. The summed E-state index contributed by atoms with van der Waals surface area (Å²) in [6.45, 7) is 3.93. The lowest BCUT2D eigenvalue weighted by molar-refractivity contribution is 0.0336. The van der Waals surface area contributed by atoms with Crippen molar-refractivity contribution < 1.29 is 19.0 Å². The number of rotatable bonds is 7. The summed E-state index contributed by atoms with van der Waals surface area (Å²) < 4.78 is 19.7. The summed E-state index contributed by atoms with van der Waals surface area (Å²) in [5.41, 5.74) is 1.68. The van der Waals surface area contributed by atoms with Crippen LogP contribution < -0.4 is 5.32 Å². The zero-order chi connectivity index (χ0) is 22.7. The summed E-state index contributed by atoms with van der Waals surface area (Å²) in [4.78, 5) is 22.2. The van der Waals surface area contributed by atoms with Crippen LogP contribution in [0.2, 0.25) is 10.0 Å². The number of nitrogens with zero attached hydrogens (tertiary/aromatic N) is 2. The molecule has 0 bridgehead atoms. The smallest absolute Gasteiger partial charge is 0.199 e. The highest BCUT2D eigenvalue weighted by Crippen LogP contribution is 2.28. The fraction of sp³-hybridized carbons (Fsp3) is 0.273. The summed E-state index contributed by atoms with van der Waals surface area (Å²) in [5, 5.41) is 13.2. The second-order valence-corrected chi connectivity index (χ2v) is 8.18. The number of hydrogen-bond donors (Lipinski definition) is 3. The van der Waals surface area contributed by atoms with E-state index in [1.807, 2.05) is 12.1 Å². The van der Waals surface area contributed by atoms with Gasteiger partial charge < -0.3 is 20.1 Å². The molecular formula is C22H21Cl2FN4O3. The van der Waals surface area contributed by atoms with Crippen LogP contribution in [-0.2, 0) is 11.3 Å². The molecule has 0 aliphatic carbocycles. The van der Waals surface area contributed by atoms with Crippen LogP contribution in [0.3, 0.4) is 0 Å². The van der Waals surface area contributed by atoms with E-state index < -0.39 is 17.8 Å². The fourth-order valence-corrected chi connectivity index (χ4v) is 3.80. The van der Waals surface area contributed by atoms with Gasteiger partial charge in [0.1, 0.15) is 0 Å². The Morgan fingerprint density at radius 1 is 1.25 bits per heavy atom. The molecule has 3 heterocycles. The lowest BCUT2D eigenvalue weighted by Crippen LogP contribution is -2.35. The molecule has 1 aliphatic heterocycles. The quantitative estimate of drug-likeness (QED) is 0.270. The standard InChI is InChI=1S/C22H21Cl2FN4O3/c23-16-3-4-17(24)20(25)19(16)21(30)13-9-18(27-10-13)22(31)28-14-1-2-15(26-11-14)12-29-5-7-32-8-6-29/h1-4,9-11,22,27-28,31H,5-8,12H2. The number of H-pyrrole nitrogens is 1. The van der Waals surface area contributed by atoms with E-state index in [9.17, 15) is 14.3 Å². The monoisotopic (exact) mass is 478 g/mol. The molecule has 0 saturated carbocycles. The molecule has 1 unspecified atom stereocenters. The largest absolute Gasteiger partial charge is 0.379 e. The van der Waals surface area contributed by atoms with Crippen LogP contribution in [0.25, 0.3) is 0 Å². The number of ether oxygens (including phenoxy) is 1. The molecule has 0 radical (unpaired) electrons. The van der Waals surface area contributed by atoms with E-state index in [0.717, 1.165) is 38.5 Å². The Morgan fingerprint density at radius 2 is 2.00 bits per heavy atom. The molecule has 10 heteroatoms. The Labute approximate surface area is 194 Å². The molecule has 0 spiro atoms. The summed E-state index contributed by atoms with van der Waals surface area (Å²) in [7, 11) is 0. The van der Waals surface area contributed by atoms with E-state index in [1.54, 1.807) is 6.20 Å². The van der Waals surface area contributed by atoms with E-state index in [0.29, 0.717) is 11.4 Å². The lowest BCUT2D eigenvalue weighted by Gasteiger charge is -2.26. The number of morpholine rings is 1. The van der Waals surface area contributed by atoms with E-state index in [1.165, 1.54) is 24.4 Å². The van der Waals surface area contributed by atoms with Gasteiger partial charge in [-0.15, -0.1) is 0 Å². The summed E-state index contributed by atoms with van der Waals surface area (Å²) in [6, 6.07) is 7.78. The van der Waals surface area contributed by atoms with Crippen molar-refractivity contribution in [3.05, 3.63) is 81.1 Å². The van der Waals surface area contributed by atoms with Crippen molar-refractivity contribution in [3.8, 4) is 0 Å². The van der Waals surface area contributed by atoms with Crippen LogP contribution in [0.15, 0.2) is 42.7 Å². The molecule has 32 heavy (non-hydrogen) atoms. The first-order valence-electron chi connectivity index (χ1n) is 9.98. The maximum absolute atomic E-state index is 14.3. The molecule has 0 amide bonds. The molecule has 1 aliphatic rings.